The van der Waals surface area contributed by atoms with E-state index in [-0.39, 0.29) is 5.43 Å². The SMILES string of the molecule is Nc1ccc2nc3c4ccccc4c(=O)c([As]4SCCS4)c-3oc2c1[As]1SCCS1. The van der Waals surface area contributed by atoms with Gasteiger partial charge < -0.3 is 0 Å². The van der Waals surface area contributed by atoms with Gasteiger partial charge in [-0.3, -0.25) is 0 Å². The zero-order valence-corrected chi connectivity index (χ0v) is 22.7. The number of nitrogens with zero attached hydrogens (tertiary/aromatic N) is 1. The van der Waals surface area contributed by atoms with Gasteiger partial charge in [-0.2, -0.15) is 0 Å². The Labute approximate surface area is 195 Å². The molecule has 1 aliphatic carbocycles. The summed E-state index contributed by atoms with van der Waals surface area (Å²) in [5.41, 5.74) is 9.87. The van der Waals surface area contributed by atoms with Crippen LogP contribution >= 0.6 is 40.1 Å². The van der Waals surface area contributed by atoms with Gasteiger partial charge in [0.15, 0.2) is 0 Å². The molecule has 4 aliphatic rings. The average molecular weight is 594 g/mol. The van der Waals surface area contributed by atoms with Crippen LogP contribution in [0.5, 0.6) is 0 Å². The number of aromatic nitrogens is 1. The summed E-state index contributed by atoms with van der Waals surface area (Å²) in [7, 11) is 8.03. The zero-order chi connectivity index (χ0) is 20.2. The second-order valence-corrected chi connectivity index (χ2v) is 30.0. The van der Waals surface area contributed by atoms with Crippen molar-refractivity contribution in [2.75, 3.05) is 28.7 Å². The molecule has 4 nitrogen and oxygen atoms in total. The third-order valence-corrected chi connectivity index (χ3v) is 32.2. The molecule has 0 saturated carbocycles. The Morgan fingerprint density at radius 3 is 2.20 bits per heavy atom. The standard InChI is InChI=1S/C20H16As2N2O2S4/c23-13-5-6-14-19(15(13)21-27-7-8-28-21)26-20-16(22-29-9-10-30-22)18(25)12-4-2-1-3-11(12)17(20)24-14/h1-6H,7-10,23H2. The Kier molecular flexibility index (Phi) is 5.54. The number of nitrogen functional groups attached to an aromatic ring is 1. The number of anilines is 1. The van der Waals surface area contributed by atoms with E-state index in [2.05, 4.69) is 0 Å². The summed E-state index contributed by atoms with van der Waals surface area (Å²) in [6.45, 7) is 0. The van der Waals surface area contributed by atoms with Crippen LogP contribution in [0.4, 0.5) is 5.69 Å². The normalized spacial score (nSPS) is 18.3. The van der Waals surface area contributed by atoms with Crippen LogP contribution < -0.4 is 19.9 Å². The number of rotatable bonds is 2. The van der Waals surface area contributed by atoms with Gasteiger partial charge in [0.25, 0.3) is 0 Å². The summed E-state index contributed by atoms with van der Waals surface area (Å²) in [4.78, 5) is 18.6. The third-order valence-electron chi connectivity index (χ3n) is 5.02. The molecular formula is C20H16As2N2O2S4. The molecule has 0 aromatic heterocycles. The zero-order valence-electron chi connectivity index (χ0n) is 15.7. The van der Waals surface area contributed by atoms with E-state index in [4.69, 9.17) is 15.1 Å². The molecule has 30 heavy (non-hydrogen) atoms. The van der Waals surface area contributed by atoms with Crippen LogP contribution in [0.15, 0.2) is 45.6 Å². The van der Waals surface area contributed by atoms with Gasteiger partial charge >= 0.3 is 197 Å². The Morgan fingerprint density at radius 1 is 0.867 bits per heavy atom. The fourth-order valence-electron chi connectivity index (χ4n) is 3.71. The van der Waals surface area contributed by atoms with Gasteiger partial charge in [-0.1, -0.05) is 0 Å². The molecule has 3 aliphatic heterocycles. The summed E-state index contributed by atoms with van der Waals surface area (Å²) in [5.74, 6) is 5.28. The Bertz CT molecular complexity index is 1320. The van der Waals surface area contributed by atoms with E-state index in [0.717, 1.165) is 49.1 Å². The van der Waals surface area contributed by atoms with Gasteiger partial charge in [-0.05, 0) is 0 Å². The topological polar surface area (TPSA) is 69.1 Å². The first-order valence-corrected chi connectivity index (χ1v) is 24.3. The summed E-state index contributed by atoms with van der Waals surface area (Å²) in [5, 5.41) is 1.65. The summed E-state index contributed by atoms with van der Waals surface area (Å²) in [6.07, 6.45) is 0. The van der Waals surface area contributed by atoms with Crippen LogP contribution in [-0.2, 0) is 0 Å². The van der Waals surface area contributed by atoms with Crippen molar-refractivity contribution >= 4 is 101 Å². The monoisotopic (exact) mass is 594 g/mol. The molecule has 3 heterocycles. The van der Waals surface area contributed by atoms with Crippen LogP contribution in [0.25, 0.3) is 33.3 Å². The maximum atomic E-state index is 13.6. The Morgan fingerprint density at radius 2 is 1.50 bits per heavy atom. The van der Waals surface area contributed by atoms with E-state index >= 15 is 0 Å². The van der Waals surface area contributed by atoms with Gasteiger partial charge in [0, 0.05) is 0 Å². The molecule has 152 valence electrons. The summed E-state index contributed by atoms with van der Waals surface area (Å²) in [6, 6.07) is 11.8. The molecule has 0 radical (unpaired) electrons. The van der Waals surface area contributed by atoms with E-state index in [9.17, 15) is 4.79 Å². The van der Waals surface area contributed by atoms with Gasteiger partial charge in [-0.15, -0.1) is 0 Å². The van der Waals surface area contributed by atoms with Crippen molar-refractivity contribution in [3.63, 3.8) is 0 Å². The molecule has 10 heteroatoms. The van der Waals surface area contributed by atoms with E-state index < -0.39 is 24.7 Å². The minimum absolute atomic E-state index is 0.137. The Hall–Kier alpha value is -0.363. The van der Waals surface area contributed by atoms with E-state index in [0.29, 0.717) is 5.76 Å². The van der Waals surface area contributed by atoms with Crippen LogP contribution in [0.1, 0.15) is 0 Å². The molecule has 2 saturated heterocycles. The van der Waals surface area contributed by atoms with Gasteiger partial charge in [-0.25, -0.2) is 0 Å². The van der Waals surface area contributed by atoms with Crippen LogP contribution in [0.2, 0.25) is 0 Å². The molecule has 2 aromatic carbocycles. The first-order valence-electron chi connectivity index (χ1n) is 9.42. The van der Waals surface area contributed by atoms with E-state index in [1.165, 1.54) is 15.9 Å². The Balaban J connectivity index is 1.75. The van der Waals surface area contributed by atoms with Crippen molar-refractivity contribution in [1.29, 1.82) is 0 Å². The maximum absolute atomic E-state index is 13.6. The van der Waals surface area contributed by atoms with Crippen molar-refractivity contribution in [3.8, 4) is 11.5 Å². The van der Waals surface area contributed by atoms with Crippen molar-refractivity contribution in [3.05, 3.63) is 46.6 Å². The first-order chi connectivity index (χ1) is 14.7. The van der Waals surface area contributed by atoms with Crippen LogP contribution in [-0.4, -0.2) is 52.7 Å². The molecule has 6 rings (SSSR count). The van der Waals surface area contributed by atoms with Crippen molar-refractivity contribution in [2.45, 2.75) is 0 Å². The predicted molar refractivity (Wildman–Crippen MR) is 139 cm³/mol. The quantitative estimate of drug-likeness (QED) is 0.164. The predicted octanol–water partition coefficient (Wildman–Crippen LogP) is 3.38. The van der Waals surface area contributed by atoms with E-state index in [1.807, 2.05) is 76.5 Å². The minimum atomic E-state index is -1.59. The third kappa shape index (κ3) is 3.25. The van der Waals surface area contributed by atoms with Gasteiger partial charge in [0.1, 0.15) is 0 Å². The number of nitrogens with two attached hydrogens (primary N) is 1. The van der Waals surface area contributed by atoms with Crippen molar-refractivity contribution in [2.24, 2.45) is 0 Å². The fourth-order valence-corrected chi connectivity index (χ4v) is 33.4. The molecule has 2 fully saturated rings. The molecule has 0 atom stereocenters. The second kappa shape index (κ2) is 8.20. The molecule has 0 unspecified atom stereocenters. The molecule has 0 amide bonds. The summed E-state index contributed by atoms with van der Waals surface area (Å²) < 4.78 is 8.75. The molecule has 2 aromatic rings. The number of benzene rings is 3. The average Bonchev–Trinajstić information content (AvgIpc) is 3.48. The second-order valence-electron chi connectivity index (χ2n) is 6.81. The molecular weight excluding hydrogens is 578 g/mol. The number of hydrogen-bond acceptors (Lipinski definition) is 8. The first kappa shape index (κ1) is 20.3. The van der Waals surface area contributed by atoms with Gasteiger partial charge in [0.05, 0.1) is 0 Å². The van der Waals surface area contributed by atoms with Crippen LogP contribution in [0.3, 0.4) is 0 Å². The van der Waals surface area contributed by atoms with Crippen LogP contribution in [0, 0.1) is 0 Å². The molecule has 0 spiro atoms. The van der Waals surface area contributed by atoms with Crippen molar-refractivity contribution in [1.82, 2.24) is 4.98 Å². The van der Waals surface area contributed by atoms with E-state index in [1.54, 1.807) is 0 Å². The molecule has 2 N–H and O–H groups in total. The van der Waals surface area contributed by atoms with Gasteiger partial charge in [0.2, 0.25) is 0 Å². The van der Waals surface area contributed by atoms with Crippen molar-refractivity contribution < 1.29 is 4.42 Å². The summed E-state index contributed by atoms with van der Waals surface area (Å²) >= 11 is -2.99. The number of fused-ring (bicyclic) bond motifs is 4. The number of hydrogen-bond donors (Lipinski definition) is 1. The fraction of sp³-hybridized carbons (Fsp3) is 0.200. The molecule has 0 bridgehead atoms.